The van der Waals surface area contributed by atoms with Crippen molar-refractivity contribution in [2.75, 3.05) is 54.0 Å². The fourth-order valence-corrected chi connectivity index (χ4v) is 5.04. The summed E-state index contributed by atoms with van der Waals surface area (Å²) >= 11 is 0. The van der Waals surface area contributed by atoms with Gasteiger partial charge < -0.3 is 9.47 Å². The van der Waals surface area contributed by atoms with Crippen LogP contribution in [0.3, 0.4) is 0 Å². The van der Waals surface area contributed by atoms with E-state index < -0.39 is 20.0 Å². The Morgan fingerprint density at radius 1 is 1.24 bits per heavy atom. The first-order valence-corrected chi connectivity index (χ1v) is 11.2. The topological polar surface area (TPSA) is 102 Å². The Hall–Kier alpha value is -1.36. The van der Waals surface area contributed by atoms with Gasteiger partial charge in [0.05, 0.1) is 42.7 Å². The number of hydrogen-bond acceptors (Lipinski definition) is 6. The highest BCUT2D eigenvalue weighted by atomic mass is 32.2. The van der Waals surface area contributed by atoms with Crippen LogP contribution in [0.5, 0.6) is 0 Å². The lowest BCUT2D eigenvalue weighted by Crippen LogP contribution is -2.26. The van der Waals surface area contributed by atoms with Gasteiger partial charge in [-0.15, -0.1) is 0 Å². The molecule has 1 aliphatic rings. The largest absolute Gasteiger partial charge is 0.382 e. The molecule has 10 heteroatoms. The zero-order chi connectivity index (χ0) is 18.5. The van der Waals surface area contributed by atoms with Gasteiger partial charge >= 0.3 is 0 Å². The number of ether oxygens (including phenoxy) is 2. The minimum atomic E-state index is -3.59. The zero-order valence-electron chi connectivity index (χ0n) is 14.4. The van der Waals surface area contributed by atoms with Crippen LogP contribution in [0.1, 0.15) is 12.0 Å². The van der Waals surface area contributed by atoms with Gasteiger partial charge in [0.2, 0.25) is 20.0 Å². The first-order chi connectivity index (χ1) is 11.7. The summed E-state index contributed by atoms with van der Waals surface area (Å²) in [5, 5.41) is 0. The molecule has 0 bridgehead atoms. The number of hydrogen-bond donors (Lipinski definition) is 1. The number of nitrogens with zero attached hydrogens (tertiary/aromatic N) is 1. The molecule has 142 valence electrons. The highest BCUT2D eigenvalue weighted by Crippen LogP contribution is 2.30. The number of rotatable bonds is 9. The molecule has 0 saturated carbocycles. The second-order valence-electron chi connectivity index (χ2n) is 5.77. The van der Waals surface area contributed by atoms with E-state index in [2.05, 4.69) is 4.72 Å². The van der Waals surface area contributed by atoms with Crippen molar-refractivity contribution in [2.45, 2.75) is 13.3 Å². The molecule has 0 atom stereocenters. The fourth-order valence-electron chi connectivity index (χ4n) is 2.50. The lowest BCUT2D eigenvalue weighted by atomic mass is 10.2. The van der Waals surface area contributed by atoms with Crippen molar-refractivity contribution in [1.29, 1.82) is 0 Å². The first kappa shape index (κ1) is 20.0. The molecule has 0 spiro atoms. The SMILES string of the molecule is COCCOCCS(=O)(=O)Nc1ccc(C)c(N2CCCS2(=O)=O)c1. The Balaban J connectivity index is 2.06. The number of nitrogens with one attached hydrogen (secondary N) is 1. The van der Waals surface area contributed by atoms with Crippen molar-refractivity contribution >= 4 is 31.4 Å². The molecule has 25 heavy (non-hydrogen) atoms. The Kier molecular flexibility index (Phi) is 6.66. The van der Waals surface area contributed by atoms with E-state index in [1.54, 1.807) is 25.1 Å². The summed E-state index contributed by atoms with van der Waals surface area (Å²) in [5.74, 6) is -0.0802. The average Bonchev–Trinajstić information content (AvgIpc) is 2.88. The van der Waals surface area contributed by atoms with Crippen LogP contribution in [0, 0.1) is 6.92 Å². The summed E-state index contributed by atoms with van der Waals surface area (Å²) in [4.78, 5) is 0. The maximum absolute atomic E-state index is 12.1. The Bertz CT molecular complexity index is 792. The molecule has 0 radical (unpaired) electrons. The van der Waals surface area contributed by atoms with Crippen molar-refractivity contribution in [3.05, 3.63) is 23.8 Å². The molecule has 2 rings (SSSR count). The standard InChI is InChI=1S/C15H24N2O6S2/c1-13-4-5-14(12-15(13)17-6-3-10-25(17,20)21)16-24(18,19)11-9-23-8-7-22-2/h4-5,12,16H,3,6-11H2,1-2H3. The van der Waals surface area contributed by atoms with Crippen molar-refractivity contribution in [2.24, 2.45) is 0 Å². The van der Waals surface area contributed by atoms with Crippen LogP contribution < -0.4 is 9.03 Å². The minimum absolute atomic E-state index is 0.0535. The van der Waals surface area contributed by atoms with Gasteiger partial charge in [0.15, 0.2) is 0 Å². The van der Waals surface area contributed by atoms with E-state index in [0.717, 1.165) is 5.56 Å². The van der Waals surface area contributed by atoms with Crippen LogP contribution >= 0.6 is 0 Å². The summed E-state index contributed by atoms with van der Waals surface area (Å²) in [5.41, 5.74) is 1.62. The van der Waals surface area contributed by atoms with Gasteiger partial charge in [0, 0.05) is 13.7 Å². The molecular weight excluding hydrogens is 368 g/mol. The Morgan fingerprint density at radius 3 is 2.64 bits per heavy atom. The third-order valence-electron chi connectivity index (χ3n) is 3.78. The predicted octanol–water partition coefficient (Wildman–Crippen LogP) is 0.940. The third kappa shape index (κ3) is 5.56. The van der Waals surface area contributed by atoms with E-state index in [1.807, 2.05) is 0 Å². The van der Waals surface area contributed by atoms with Crippen LogP contribution in [-0.4, -0.2) is 61.8 Å². The summed E-state index contributed by atoms with van der Waals surface area (Å²) < 4.78 is 62.2. The van der Waals surface area contributed by atoms with Crippen molar-refractivity contribution in [3.63, 3.8) is 0 Å². The van der Waals surface area contributed by atoms with Gasteiger partial charge in [-0.1, -0.05) is 6.07 Å². The summed E-state index contributed by atoms with van der Waals surface area (Å²) in [6.07, 6.45) is 0.566. The number of methoxy groups -OCH3 is 1. The molecule has 1 saturated heterocycles. The smallest absolute Gasteiger partial charge is 0.235 e. The first-order valence-electron chi connectivity index (χ1n) is 7.93. The van der Waals surface area contributed by atoms with Crippen LogP contribution in [0.2, 0.25) is 0 Å². The second kappa shape index (κ2) is 8.35. The van der Waals surface area contributed by atoms with E-state index in [1.165, 1.54) is 11.4 Å². The van der Waals surface area contributed by atoms with Crippen molar-refractivity contribution in [3.8, 4) is 0 Å². The summed E-state index contributed by atoms with van der Waals surface area (Å²) in [6, 6.07) is 4.88. The minimum Gasteiger partial charge on any atom is -0.382 e. The van der Waals surface area contributed by atoms with Crippen LogP contribution in [0.15, 0.2) is 18.2 Å². The van der Waals surface area contributed by atoms with Gasteiger partial charge in [-0.05, 0) is 31.0 Å². The summed E-state index contributed by atoms with van der Waals surface area (Å²) in [6.45, 7) is 2.99. The molecule has 0 amide bonds. The monoisotopic (exact) mass is 392 g/mol. The second-order valence-corrected chi connectivity index (χ2v) is 9.62. The predicted molar refractivity (Wildman–Crippen MR) is 97.0 cm³/mol. The quantitative estimate of drug-likeness (QED) is 0.628. The highest BCUT2D eigenvalue weighted by molar-refractivity contribution is 7.93. The molecule has 1 N–H and O–H groups in total. The maximum Gasteiger partial charge on any atom is 0.235 e. The zero-order valence-corrected chi connectivity index (χ0v) is 16.0. The molecule has 1 aliphatic heterocycles. The number of sulfonamides is 2. The van der Waals surface area contributed by atoms with Crippen LogP contribution in [0.4, 0.5) is 11.4 Å². The molecule has 1 aromatic rings. The number of benzene rings is 1. The fraction of sp³-hybridized carbons (Fsp3) is 0.600. The van der Waals surface area contributed by atoms with Crippen molar-refractivity contribution in [1.82, 2.24) is 0 Å². The van der Waals surface area contributed by atoms with E-state index in [-0.39, 0.29) is 18.1 Å². The number of anilines is 2. The molecule has 0 aromatic heterocycles. The van der Waals surface area contributed by atoms with E-state index in [0.29, 0.717) is 37.6 Å². The van der Waals surface area contributed by atoms with Crippen molar-refractivity contribution < 1.29 is 26.3 Å². The van der Waals surface area contributed by atoms with Gasteiger partial charge in [-0.2, -0.15) is 0 Å². The molecule has 1 heterocycles. The molecule has 0 unspecified atom stereocenters. The molecular formula is C15H24N2O6S2. The van der Waals surface area contributed by atoms with E-state index in [9.17, 15) is 16.8 Å². The van der Waals surface area contributed by atoms with Crippen LogP contribution in [-0.2, 0) is 29.5 Å². The lowest BCUT2D eigenvalue weighted by molar-refractivity contribution is 0.0785. The van der Waals surface area contributed by atoms with Gasteiger partial charge in [0.25, 0.3) is 0 Å². The maximum atomic E-state index is 12.1. The van der Waals surface area contributed by atoms with Gasteiger partial charge in [-0.25, -0.2) is 16.8 Å². The van der Waals surface area contributed by atoms with Gasteiger partial charge in [0.1, 0.15) is 0 Å². The van der Waals surface area contributed by atoms with Gasteiger partial charge in [-0.3, -0.25) is 9.03 Å². The molecule has 0 aliphatic carbocycles. The third-order valence-corrected chi connectivity index (χ3v) is 6.88. The highest BCUT2D eigenvalue weighted by Gasteiger charge is 2.29. The summed E-state index contributed by atoms with van der Waals surface area (Å²) in [7, 11) is -5.37. The van der Waals surface area contributed by atoms with Crippen LogP contribution in [0.25, 0.3) is 0 Å². The van der Waals surface area contributed by atoms with E-state index in [4.69, 9.17) is 9.47 Å². The molecule has 1 fully saturated rings. The molecule has 1 aromatic carbocycles. The lowest BCUT2D eigenvalue weighted by Gasteiger charge is -2.20. The Labute approximate surface area is 149 Å². The number of aryl methyl sites for hydroxylation is 1. The molecule has 8 nitrogen and oxygen atoms in total. The Morgan fingerprint density at radius 2 is 2.00 bits per heavy atom. The average molecular weight is 392 g/mol. The normalized spacial score (nSPS) is 17.0. The van der Waals surface area contributed by atoms with E-state index >= 15 is 0 Å².